The SMILES string of the molecule is O=CCCC[C@@H]1NC(=O)[C@H]2CCCCN2C(=O)[C@H](Cc2ccccc2)NC(=O)[C@H](Cc2ccccc2)NC1=O. The van der Waals surface area contributed by atoms with Crippen LogP contribution in [0.4, 0.5) is 0 Å². The lowest BCUT2D eigenvalue weighted by molar-refractivity contribution is -0.146. The predicted octanol–water partition coefficient (Wildman–Crippen LogP) is 1.69. The van der Waals surface area contributed by atoms with Crippen LogP contribution < -0.4 is 16.0 Å². The number of fused-ring (bicyclic) bond motifs is 1. The number of unbranched alkanes of at least 4 members (excludes halogenated alkanes) is 1. The highest BCUT2D eigenvalue weighted by Crippen LogP contribution is 2.21. The smallest absolute Gasteiger partial charge is 0.246 e. The molecule has 2 aliphatic heterocycles. The van der Waals surface area contributed by atoms with Gasteiger partial charge in [0.15, 0.2) is 0 Å². The second-order valence-electron chi connectivity index (χ2n) is 10.2. The maximum atomic E-state index is 13.9. The van der Waals surface area contributed by atoms with Gasteiger partial charge in [-0.2, -0.15) is 0 Å². The summed E-state index contributed by atoms with van der Waals surface area (Å²) in [5, 5.41) is 8.57. The van der Waals surface area contributed by atoms with E-state index in [4.69, 9.17) is 0 Å². The molecule has 0 aliphatic carbocycles. The molecule has 0 radical (unpaired) electrons. The van der Waals surface area contributed by atoms with Crippen LogP contribution in [0.3, 0.4) is 0 Å². The van der Waals surface area contributed by atoms with Gasteiger partial charge in [0.25, 0.3) is 0 Å². The third-order valence-electron chi connectivity index (χ3n) is 7.35. The lowest BCUT2D eigenvalue weighted by atomic mass is 9.96. The first-order chi connectivity index (χ1) is 19.0. The standard InChI is InChI=1S/C30H36N4O5/c35-18-10-8-15-23-27(36)32-24(19-21-11-3-1-4-12-21)28(37)33-25(20-22-13-5-2-6-14-22)30(39)34-17-9-7-16-26(34)29(38)31-23/h1-6,11-14,18,23-26H,7-10,15-17,19-20H2,(H,31,38)(H,32,36)(H,33,37)/t23-,24-,25-,26+/m0/s1. The number of rotatable bonds is 8. The summed E-state index contributed by atoms with van der Waals surface area (Å²) in [6.45, 7) is 0.396. The van der Waals surface area contributed by atoms with E-state index in [0.717, 1.165) is 30.3 Å². The summed E-state index contributed by atoms with van der Waals surface area (Å²) in [6, 6.07) is 15.2. The number of hydrogen-bond donors (Lipinski definition) is 3. The molecule has 4 atom stereocenters. The molecule has 0 unspecified atom stereocenters. The van der Waals surface area contributed by atoms with Crippen LogP contribution in [-0.2, 0) is 36.8 Å². The summed E-state index contributed by atoms with van der Waals surface area (Å²) in [6.07, 6.45) is 4.15. The molecule has 0 bridgehead atoms. The predicted molar refractivity (Wildman–Crippen MR) is 145 cm³/mol. The van der Waals surface area contributed by atoms with E-state index in [-0.39, 0.29) is 37.5 Å². The van der Waals surface area contributed by atoms with E-state index in [1.54, 1.807) is 4.90 Å². The Morgan fingerprint density at radius 3 is 1.92 bits per heavy atom. The van der Waals surface area contributed by atoms with Crippen LogP contribution in [0.1, 0.15) is 49.7 Å². The van der Waals surface area contributed by atoms with Gasteiger partial charge in [-0.3, -0.25) is 19.2 Å². The van der Waals surface area contributed by atoms with Crippen molar-refractivity contribution in [3.05, 3.63) is 71.8 Å². The van der Waals surface area contributed by atoms with Crippen molar-refractivity contribution in [3.8, 4) is 0 Å². The number of nitrogens with one attached hydrogen (secondary N) is 3. The molecular weight excluding hydrogens is 496 g/mol. The molecule has 2 heterocycles. The highest BCUT2D eigenvalue weighted by molar-refractivity contribution is 5.97. The minimum atomic E-state index is -0.965. The molecule has 0 aromatic heterocycles. The molecule has 0 spiro atoms. The molecule has 2 aliphatic rings. The van der Waals surface area contributed by atoms with Gasteiger partial charge in [0.1, 0.15) is 30.5 Å². The Labute approximate surface area is 228 Å². The van der Waals surface area contributed by atoms with Crippen molar-refractivity contribution in [1.82, 2.24) is 20.9 Å². The normalized spacial score (nSPS) is 24.4. The maximum absolute atomic E-state index is 13.9. The van der Waals surface area contributed by atoms with Crippen molar-refractivity contribution in [1.29, 1.82) is 0 Å². The number of hydrogen-bond acceptors (Lipinski definition) is 5. The van der Waals surface area contributed by atoms with E-state index < -0.39 is 36.0 Å². The van der Waals surface area contributed by atoms with Gasteiger partial charge in [0.05, 0.1) is 0 Å². The molecular formula is C30H36N4O5. The molecule has 206 valence electrons. The third kappa shape index (κ3) is 7.52. The summed E-state index contributed by atoms with van der Waals surface area (Å²) >= 11 is 0. The topological polar surface area (TPSA) is 125 Å². The Balaban J connectivity index is 1.68. The van der Waals surface area contributed by atoms with E-state index in [9.17, 15) is 24.0 Å². The van der Waals surface area contributed by atoms with Crippen LogP contribution in [0, 0.1) is 0 Å². The molecule has 2 aromatic rings. The number of benzene rings is 2. The second kappa shape index (κ2) is 13.7. The van der Waals surface area contributed by atoms with Gasteiger partial charge in [0, 0.05) is 25.8 Å². The zero-order valence-electron chi connectivity index (χ0n) is 22.0. The van der Waals surface area contributed by atoms with Crippen LogP contribution in [0.2, 0.25) is 0 Å². The maximum Gasteiger partial charge on any atom is 0.246 e. The monoisotopic (exact) mass is 532 g/mol. The summed E-state index contributed by atoms with van der Waals surface area (Å²) in [5.41, 5.74) is 1.72. The lowest BCUT2D eigenvalue weighted by Crippen LogP contribution is -2.63. The average molecular weight is 533 g/mol. The molecule has 2 fully saturated rings. The van der Waals surface area contributed by atoms with Crippen molar-refractivity contribution in [3.63, 3.8) is 0 Å². The minimum Gasteiger partial charge on any atom is -0.343 e. The summed E-state index contributed by atoms with van der Waals surface area (Å²) < 4.78 is 0. The van der Waals surface area contributed by atoms with E-state index in [2.05, 4.69) is 16.0 Å². The highest BCUT2D eigenvalue weighted by atomic mass is 16.2. The molecule has 9 heteroatoms. The number of piperidine rings is 1. The van der Waals surface area contributed by atoms with Crippen molar-refractivity contribution in [2.45, 2.75) is 75.5 Å². The Bertz CT molecular complexity index is 1160. The van der Waals surface area contributed by atoms with Gasteiger partial charge in [-0.25, -0.2) is 0 Å². The van der Waals surface area contributed by atoms with E-state index in [1.165, 1.54) is 0 Å². The van der Waals surface area contributed by atoms with Crippen molar-refractivity contribution in [2.24, 2.45) is 0 Å². The van der Waals surface area contributed by atoms with Gasteiger partial charge in [-0.15, -0.1) is 0 Å². The van der Waals surface area contributed by atoms with Crippen LogP contribution >= 0.6 is 0 Å². The number of aldehydes is 1. The van der Waals surface area contributed by atoms with Gasteiger partial charge in [-0.05, 0) is 43.2 Å². The molecule has 4 amide bonds. The van der Waals surface area contributed by atoms with Crippen molar-refractivity contribution < 1.29 is 24.0 Å². The fourth-order valence-corrected chi connectivity index (χ4v) is 5.26. The molecule has 3 N–H and O–H groups in total. The van der Waals surface area contributed by atoms with E-state index in [1.807, 2.05) is 60.7 Å². The largest absolute Gasteiger partial charge is 0.343 e. The fourth-order valence-electron chi connectivity index (χ4n) is 5.26. The van der Waals surface area contributed by atoms with Crippen LogP contribution in [0.15, 0.2) is 60.7 Å². The average Bonchev–Trinajstić information content (AvgIpc) is 2.96. The first-order valence-electron chi connectivity index (χ1n) is 13.7. The summed E-state index contributed by atoms with van der Waals surface area (Å²) in [7, 11) is 0. The Morgan fingerprint density at radius 1 is 0.718 bits per heavy atom. The first kappa shape index (κ1) is 28.0. The first-order valence-corrected chi connectivity index (χ1v) is 13.7. The minimum absolute atomic E-state index is 0.214. The third-order valence-corrected chi connectivity index (χ3v) is 7.35. The zero-order chi connectivity index (χ0) is 27.6. The van der Waals surface area contributed by atoms with Crippen molar-refractivity contribution >= 4 is 29.9 Å². The van der Waals surface area contributed by atoms with Gasteiger partial charge in [0.2, 0.25) is 23.6 Å². The van der Waals surface area contributed by atoms with Crippen molar-refractivity contribution in [2.75, 3.05) is 6.54 Å². The van der Waals surface area contributed by atoms with Crippen LogP contribution in [0.25, 0.3) is 0 Å². The van der Waals surface area contributed by atoms with Crippen LogP contribution in [-0.4, -0.2) is 65.5 Å². The summed E-state index contributed by atoms with van der Waals surface area (Å²) in [4.78, 5) is 67.0. The lowest BCUT2D eigenvalue weighted by Gasteiger charge is -2.38. The van der Waals surface area contributed by atoms with Gasteiger partial charge in [-0.1, -0.05) is 60.7 Å². The van der Waals surface area contributed by atoms with E-state index >= 15 is 0 Å². The number of carbonyl (C=O) groups is 5. The number of nitrogens with zero attached hydrogens (tertiary/aromatic N) is 1. The molecule has 2 aromatic carbocycles. The van der Waals surface area contributed by atoms with Crippen LogP contribution in [0.5, 0.6) is 0 Å². The molecule has 39 heavy (non-hydrogen) atoms. The van der Waals surface area contributed by atoms with Gasteiger partial charge >= 0.3 is 0 Å². The van der Waals surface area contributed by atoms with E-state index in [0.29, 0.717) is 19.4 Å². The quantitative estimate of drug-likeness (QED) is 0.353. The van der Waals surface area contributed by atoms with Gasteiger partial charge < -0.3 is 25.6 Å². The summed E-state index contributed by atoms with van der Waals surface area (Å²) in [5.74, 6) is -1.65. The zero-order valence-corrected chi connectivity index (χ0v) is 22.0. The Kier molecular flexibility index (Phi) is 9.83. The number of carbonyl (C=O) groups excluding carboxylic acids is 5. The fraction of sp³-hybridized carbons (Fsp3) is 0.433. The molecule has 0 saturated carbocycles. The second-order valence-corrected chi connectivity index (χ2v) is 10.2. The molecule has 4 rings (SSSR count). The molecule has 9 nitrogen and oxygen atoms in total. The number of amides is 4. The highest BCUT2D eigenvalue weighted by Gasteiger charge is 2.39. The Hall–Kier alpha value is -4.01. The molecule has 2 saturated heterocycles. The Morgan fingerprint density at radius 2 is 1.28 bits per heavy atom.